The van der Waals surface area contributed by atoms with Crippen LogP contribution in [0.3, 0.4) is 0 Å². The van der Waals surface area contributed by atoms with E-state index >= 15 is 0 Å². The Morgan fingerprint density at radius 1 is 1.15 bits per heavy atom. The van der Waals surface area contributed by atoms with Crippen molar-refractivity contribution < 1.29 is 9.53 Å². The lowest BCUT2D eigenvalue weighted by Crippen LogP contribution is -2.41. The Morgan fingerprint density at radius 3 is 2.58 bits per heavy atom. The summed E-state index contributed by atoms with van der Waals surface area (Å²) in [5, 5.41) is 0.256. The van der Waals surface area contributed by atoms with Crippen molar-refractivity contribution in [3.05, 3.63) is 69.0 Å². The van der Waals surface area contributed by atoms with Gasteiger partial charge in [0.15, 0.2) is 0 Å². The van der Waals surface area contributed by atoms with Crippen LogP contribution >= 0.6 is 0 Å². The highest BCUT2D eigenvalue weighted by Gasteiger charge is 2.16. The Labute approximate surface area is 148 Å². The van der Waals surface area contributed by atoms with Crippen LogP contribution in [0, 0.1) is 0 Å². The molecule has 0 saturated heterocycles. The van der Waals surface area contributed by atoms with Gasteiger partial charge in [-0.3, -0.25) is 18.7 Å². The molecule has 3 rings (SSSR count). The molecule has 0 amide bonds. The van der Waals surface area contributed by atoms with Crippen LogP contribution in [0.5, 0.6) is 0 Å². The highest BCUT2D eigenvalue weighted by molar-refractivity contribution is 5.76. The number of nitrogens with zero attached hydrogens (tertiary/aromatic N) is 3. The van der Waals surface area contributed by atoms with E-state index in [1.807, 2.05) is 0 Å². The molecule has 134 valence electrons. The molecule has 0 spiro atoms. The zero-order chi connectivity index (χ0) is 18.7. The van der Waals surface area contributed by atoms with Gasteiger partial charge in [0.1, 0.15) is 12.2 Å². The van der Waals surface area contributed by atoms with E-state index in [9.17, 15) is 14.4 Å². The summed E-state index contributed by atoms with van der Waals surface area (Å²) in [4.78, 5) is 41.6. The molecule has 0 bridgehead atoms. The van der Waals surface area contributed by atoms with Gasteiger partial charge in [0.2, 0.25) is 0 Å². The van der Waals surface area contributed by atoms with E-state index in [4.69, 9.17) is 10.5 Å². The number of rotatable bonds is 5. The molecule has 0 fully saturated rings. The average Bonchev–Trinajstić information content (AvgIpc) is 2.64. The van der Waals surface area contributed by atoms with E-state index in [0.29, 0.717) is 5.69 Å². The second-order valence-electron chi connectivity index (χ2n) is 5.68. The third-order valence-corrected chi connectivity index (χ3v) is 3.89. The third-order valence-electron chi connectivity index (χ3n) is 3.89. The molecule has 0 aliphatic rings. The Balaban J connectivity index is 2.16. The average molecular weight is 354 g/mol. The second kappa shape index (κ2) is 7.22. The molecule has 0 saturated carbocycles. The minimum atomic E-state index is -0.619. The minimum absolute atomic E-state index is 0.0611. The highest BCUT2D eigenvalue weighted by Crippen LogP contribution is 2.08. The summed E-state index contributed by atoms with van der Waals surface area (Å²) in [7, 11) is 0. The van der Waals surface area contributed by atoms with Crippen molar-refractivity contribution in [2.45, 2.75) is 20.0 Å². The number of carbonyl (C=O) groups excluding carboxylic acids is 1. The maximum Gasteiger partial charge on any atom is 0.333 e. The van der Waals surface area contributed by atoms with Crippen LogP contribution in [-0.4, -0.2) is 26.7 Å². The second-order valence-corrected chi connectivity index (χ2v) is 5.68. The Morgan fingerprint density at radius 2 is 1.88 bits per heavy atom. The summed E-state index contributed by atoms with van der Waals surface area (Å²) >= 11 is 0. The number of fused-ring (bicyclic) bond motifs is 1. The molecular weight excluding hydrogens is 336 g/mol. The molecule has 0 radical (unpaired) electrons. The normalized spacial score (nSPS) is 10.8. The fourth-order valence-corrected chi connectivity index (χ4v) is 2.67. The topological polar surface area (TPSA) is 109 Å². The number of nitrogens with two attached hydrogens (primary N) is 1. The van der Waals surface area contributed by atoms with Gasteiger partial charge in [0.25, 0.3) is 5.56 Å². The van der Waals surface area contributed by atoms with Crippen LogP contribution in [0.2, 0.25) is 0 Å². The first-order chi connectivity index (χ1) is 12.5. The smallest absolute Gasteiger partial charge is 0.333 e. The van der Waals surface area contributed by atoms with Gasteiger partial charge in [-0.2, -0.15) is 0 Å². The lowest BCUT2D eigenvalue weighted by Gasteiger charge is -2.13. The lowest BCUT2D eigenvalue weighted by atomic mass is 10.2. The van der Waals surface area contributed by atoms with E-state index in [0.717, 1.165) is 14.7 Å². The number of pyridine rings is 1. The minimum Gasteiger partial charge on any atom is -0.465 e. The summed E-state index contributed by atoms with van der Waals surface area (Å²) in [5.74, 6) is -0.570. The van der Waals surface area contributed by atoms with Crippen molar-refractivity contribution in [1.82, 2.24) is 14.1 Å². The van der Waals surface area contributed by atoms with Gasteiger partial charge in [-0.1, -0.05) is 12.1 Å². The predicted molar refractivity (Wildman–Crippen MR) is 96.9 cm³/mol. The molecule has 2 aromatic heterocycles. The first kappa shape index (κ1) is 17.4. The summed E-state index contributed by atoms with van der Waals surface area (Å²) < 4.78 is 7.16. The molecule has 8 heteroatoms. The van der Waals surface area contributed by atoms with Gasteiger partial charge in [-0.25, -0.2) is 9.78 Å². The molecule has 0 atom stereocenters. The van der Waals surface area contributed by atoms with Crippen LogP contribution in [-0.2, 0) is 22.6 Å². The van der Waals surface area contributed by atoms with Gasteiger partial charge in [0, 0.05) is 11.9 Å². The lowest BCUT2D eigenvalue weighted by molar-refractivity contribution is -0.143. The number of ether oxygens (including phenoxy) is 1. The van der Waals surface area contributed by atoms with E-state index in [1.54, 1.807) is 43.3 Å². The number of benzene rings is 1. The third kappa shape index (κ3) is 3.34. The standard InChI is InChI=1S/C18H18N4O4/c1-2-26-15(23)11-21-16-14(4-3-9-20-16)17(24)22(18(21)25)10-12-5-7-13(19)8-6-12/h3-9H,2,10-11,19H2,1H3. The Kier molecular flexibility index (Phi) is 4.83. The van der Waals surface area contributed by atoms with Crippen molar-refractivity contribution in [3.63, 3.8) is 0 Å². The summed E-state index contributed by atoms with van der Waals surface area (Å²) in [5.41, 5.74) is 6.07. The molecule has 1 aromatic carbocycles. The summed E-state index contributed by atoms with van der Waals surface area (Å²) in [6.07, 6.45) is 1.47. The van der Waals surface area contributed by atoms with E-state index in [2.05, 4.69) is 4.98 Å². The van der Waals surface area contributed by atoms with Crippen molar-refractivity contribution in [2.75, 3.05) is 12.3 Å². The van der Waals surface area contributed by atoms with Crippen LogP contribution in [0.4, 0.5) is 5.69 Å². The number of anilines is 1. The number of esters is 1. The van der Waals surface area contributed by atoms with Gasteiger partial charge in [-0.05, 0) is 36.8 Å². The van der Waals surface area contributed by atoms with Gasteiger partial charge >= 0.3 is 11.7 Å². The molecule has 2 heterocycles. The largest absolute Gasteiger partial charge is 0.465 e. The van der Waals surface area contributed by atoms with Gasteiger partial charge in [-0.15, -0.1) is 0 Å². The summed E-state index contributed by atoms with van der Waals surface area (Å²) in [6.45, 7) is 1.62. The fourth-order valence-electron chi connectivity index (χ4n) is 2.67. The molecule has 0 aliphatic heterocycles. The maximum atomic E-state index is 12.9. The van der Waals surface area contributed by atoms with Crippen LogP contribution in [0.25, 0.3) is 11.0 Å². The van der Waals surface area contributed by atoms with Crippen molar-refractivity contribution in [3.8, 4) is 0 Å². The molecule has 0 aliphatic carbocycles. The zero-order valence-corrected chi connectivity index (χ0v) is 14.2. The number of nitrogen functional groups attached to an aromatic ring is 1. The maximum absolute atomic E-state index is 12.9. The van der Waals surface area contributed by atoms with Crippen molar-refractivity contribution in [2.24, 2.45) is 0 Å². The van der Waals surface area contributed by atoms with E-state index in [1.165, 1.54) is 6.20 Å². The van der Waals surface area contributed by atoms with Gasteiger partial charge in [0.05, 0.1) is 18.5 Å². The highest BCUT2D eigenvalue weighted by atomic mass is 16.5. The Hall–Kier alpha value is -3.42. The summed E-state index contributed by atoms with van der Waals surface area (Å²) in [6, 6.07) is 10.1. The van der Waals surface area contributed by atoms with Crippen LogP contribution < -0.4 is 17.0 Å². The zero-order valence-electron chi connectivity index (χ0n) is 14.2. The molecular formula is C18H18N4O4. The Bertz CT molecular complexity index is 1070. The van der Waals surface area contributed by atoms with Crippen LogP contribution in [0.1, 0.15) is 12.5 Å². The van der Waals surface area contributed by atoms with Crippen molar-refractivity contribution >= 4 is 22.7 Å². The number of hydrogen-bond acceptors (Lipinski definition) is 6. The number of aromatic nitrogens is 3. The predicted octanol–water partition coefficient (Wildman–Crippen LogP) is 0.752. The van der Waals surface area contributed by atoms with E-state index < -0.39 is 17.2 Å². The SMILES string of the molecule is CCOC(=O)Cn1c(=O)n(Cc2ccc(N)cc2)c(=O)c2cccnc21. The molecule has 8 nitrogen and oxygen atoms in total. The quantitative estimate of drug-likeness (QED) is 0.535. The van der Waals surface area contributed by atoms with Gasteiger partial charge < -0.3 is 10.5 Å². The van der Waals surface area contributed by atoms with Crippen molar-refractivity contribution in [1.29, 1.82) is 0 Å². The molecule has 3 aromatic rings. The molecule has 0 unspecified atom stereocenters. The monoisotopic (exact) mass is 354 g/mol. The van der Waals surface area contributed by atoms with Crippen LogP contribution in [0.15, 0.2) is 52.2 Å². The molecule has 2 N–H and O–H groups in total. The molecule has 26 heavy (non-hydrogen) atoms. The number of carbonyl (C=O) groups is 1. The first-order valence-corrected chi connectivity index (χ1v) is 8.09. The van der Waals surface area contributed by atoms with E-state index in [-0.39, 0.29) is 30.7 Å². The first-order valence-electron chi connectivity index (χ1n) is 8.09. The number of hydrogen-bond donors (Lipinski definition) is 1. The fraction of sp³-hybridized carbons (Fsp3) is 0.222.